The molecule has 0 saturated carbocycles. The topological polar surface area (TPSA) is 115 Å². The molecule has 0 spiro atoms. The molecule has 0 bridgehead atoms. The molecule has 13 heteroatoms. The van der Waals surface area contributed by atoms with Gasteiger partial charge < -0.3 is 5.32 Å². The van der Waals surface area contributed by atoms with Gasteiger partial charge in [0, 0.05) is 17.7 Å². The van der Waals surface area contributed by atoms with Crippen LogP contribution in [-0.2, 0) is 6.18 Å². The summed E-state index contributed by atoms with van der Waals surface area (Å²) < 4.78 is 41.3. The van der Waals surface area contributed by atoms with Crippen molar-refractivity contribution in [2.45, 2.75) is 6.18 Å². The highest BCUT2D eigenvalue weighted by Crippen LogP contribution is 2.32. The van der Waals surface area contributed by atoms with Gasteiger partial charge in [-0.3, -0.25) is 14.9 Å². The summed E-state index contributed by atoms with van der Waals surface area (Å²) in [5.41, 5.74) is -1.04. The predicted octanol–water partition coefficient (Wildman–Crippen LogP) is 4.62. The Bertz CT molecular complexity index is 1360. The first-order valence-corrected chi connectivity index (χ1v) is 9.17. The lowest BCUT2D eigenvalue weighted by molar-refractivity contribution is -0.384. The molecule has 0 aliphatic heterocycles. The summed E-state index contributed by atoms with van der Waals surface area (Å²) in [6, 6.07) is 12.3. The summed E-state index contributed by atoms with van der Waals surface area (Å²) in [7, 11) is 0. The SMILES string of the molecule is O=C(Nc1ccc([N+](=O)[O-])cc1Cl)c1nc2nc(-c3ccccc3)cc(C(F)(F)F)n2n1. The van der Waals surface area contributed by atoms with Gasteiger partial charge in [-0.1, -0.05) is 41.9 Å². The number of rotatable bonds is 4. The van der Waals surface area contributed by atoms with Crippen LogP contribution in [0, 0.1) is 10.1 Å². The molecular formula is C19H10ClF3N6O3. The lowest BCUT2D eigenvalue weighted by Gasteiger charge is -2.10. The molecule has 1 N–H and O–H groups in total. The maximum atomic E-state index is 13.6. The number of carbonyl (C=O) groups is 1. The van der Waals surface area contributed by atoms with Gasteiger partial charge in [-0.15, -0.1) is 5.10 Å². The van der Waals surface area contributed by atoms with Crippen molar-refractivity contribution >= 4 is 34.7 Å². The maximum Gasteiger partial charge on any atom is 0.433 e. The van der Waals surface area contributed by atoms with E-state index in [1.807, 2.05) is 0 Å². The molecule has 0 aliphatic rings. The number of nitrogens with zero attached hydrogens (tertiary/aromatic N) is 5. The van der Waals surface area contributed by atoms with Crippen molar-refractivity contribution in [3.05, 3.63) is 81.3 Å². The third-order valence-electron chi connectivity index (χ3n) is 4.29. The van der Waals surface area contributed by atoms with Crippen LogP contribution in [-0.4, -0.2) is 30.4 Å². The van der Waals surface area contributed by atoms with Crippen LogP contribution < -0.4 is 5.32 Å². The molecule has 0 fully saturated rings. The van der Waals surface area contributed by atoms with Crippen molar-refractivity contribution < 1.29 is 22.9 Å². The summed E-state index contributed by atoms with van der Waals surface area (Å²) in [6.07, 6.45) is -4.80. The van der Waals surface area contributed by atoms with E-state index in [-0.39, 0.29) is 22.1 Å². The number of amides is 1. The Morgan fingerprint density at radius 3 is 2.44 bits per heavy atom. The zero-order valence-electron chi connectivity index (χ0n) is 15.7. The van der Waals surface area contributed by atoms with Crippen LogP contribution in [0.3, 0.4) is 0 Å². The first-order chi connectivity index (χ1) is 15.1. The Kier molecular flexibility index (Phi) is 5.22. The van der Waals surface area contributed by atoms with Gasteiger partial charge in [0.15, 0.2) is 5.69 Å². The second-order valence-corrected chi connectivity index (χ2v) is 6.82. The molecule has 0 saturated heterocycles. The third kappa shape index (κ3) is 4.07. The second-order valence-electron chi connectivity index (χ2n) is 6.41. The number of nitro benzene ring substituents is 1. The molecule has 0 atom stereocenters. The molecule has 4 rings (SSSR count). The van der Waals surface area contributed by atoms with E-state index in [0.29, 0.717) is 10.1 Å². The zero-order chi connectivity index (χ0) is 23.0. The Hall–Kier alpha value is -4.06. The first kappa shape index (κ1) is 21.2. The molecule has 1 amide bonds. The molecule has 9 nitrogen and oxygen atoms in total. The van der Waals surface area contributed by atoms with Gasteiger partial charge in [0.05, 0.1) is 21.3 Å². The van der Waals surface area contributed by atoms with Gasteiger partial charge in [-0.2, -0.15) is 22.7 Å². The molecule has 2 aromatic carbocycles. The normalized spacial score (nSPS) is 11.5. The molecule has 32 heavy (non-hydrogen) atoms. The molecule has 4 aromatic rings. The van der Waals surface area contributed by atoms with E-state index in [1.165, 1.54) is 6.07 Å². The minimum atomic E-state index is -4.80. The number of nitro groups is 1. The van der Waals surface area contributed by atoms with Crippen LogP contribution in [0.25, 0.3) is 17.0 Å². The Morgan fingerprint density at radius 1 is 1.09 bits per heavy atom. The minimum absolute atomic E-state index is 0.00296. The van der Waals surface area contributed by atoms with Crippen LogP contribution in [0.15, 0.2) is 54.6 Å². The predicted molar refractivity (Wildman–Crippen MR) is 107 cm³/mol. The number of anilines is 1. The molecule has 2 aromatic heterocycles. The average Bonchev–Trinajstić information content (AvgIpc) is 3.18. The van der Waals surface area contributed by atoms with Crippen LogP contribution >= 0.6 is 11.6 Å². The van der Waals surface area contributed by atoms with Gasteiger partial charge in [-0.25, -0.2) is 4.98 Å². The lowest BCUT2D eigenvalue weighted by atomic mass is 10.1. The van der Waals surface area contributed by atoms with E-state index in [0.717, 1.165) is 18.2 Å². The number of aromatic nitrogens is 4. The Balaban J connectivity index is 1.74. The number of halogens is 4. The molecular weight excluding hydrogens is 453 g/mol. The number of benzene rings is 2. The highest BCUT2D eigenvalue weighted by molar-refractivity contribution is 6.34. The fourth-order valence-corrected chi connectivity index (χ4v) is 3.04. The molecule has 0 unspecified atom stereocenters. The van der Waals surface area contributed by atoms with Crippen molar-refractivity contribution in [1.82, 2.24) is 19.6 Å². The largest absolute Gasteiger partial charge is 0.433 e. The van der Waals surface area contributed by atoms with E-state index in [4.69, 9.17) is 11.6 Å². The van der Waals surface area contributed by atoms with Gasteiger partial charge in [0.25, 0.3) is 17.4 Å². The number of carbonyl (C=O) groups excluding carboxylic acids is 1. The fraction of sp³-hybridized carbons (Fsp3) is 0.0526. The quantitative estimate of drug-likeness (QED) is 0.349. The highest BCUT2D eigenvalue weighted by atomic mass is 35.5. The number of fused-ring (bicyclic) bond motifs is 1. The summed E-state index contributed by atoms with van der Waals surface area (Å²) in [5.74, 6) is -2.00. The maximum absolute atomic E-state index is 13.6. The summed E-state index contributed by atoms with van der Waals surface area (Å²) in [5, 5.41) is 16.6. The van der Waals surface area contributed by atoms with Crippen LogP contribution in [0.4, 0.5) is 24.5 Å². The summed E-state index contributed by atoms with van der Waals surface area (Å²) in [4.78, 5) is 30.5. The van der Waals surface area contributed by atoms with Crippen molar-refractivity contribution in [2.24, 2.45) is 0 Å². The van der Waals surface area contributed by atoms with E-state index >= 15 is 0 Å². The number of hydrogen-bond acceptors (Lipinski definition) is 6. The average molecular weight is 463 g/mol. The van der Waals surface area contributed by atoms with Crippen LogP contribution in [0.5, 0.6) is 0 Å². The first-order valence-electron chi connectivity index (χ1n) is 8.79. The summed E-state index contributed by atoms with van der Waals surface area (Å²) >= 11 is 5.93. The van der Waals surface area contributed by atoms with Gasteiger partial charge in [0.1, 0.15) is 0 Å². The Morgan fingerprint density at radius 2 is 1.81 bits per heavy atom. The zero-order valence-corrected chi connectivity index (χ0v) is 16.4. The molecule has 2 heterocycles. The van der Waals surface area contributed by atoms with Crippen molar-refractivity contribution in [1.29, 1.82) is 0 Å². The van der Waals surface area contributed by atoms with E-state index < -0.39 is 34.3 Å². The highest BCUT2D eigenvalue weighted by Gasteiger charge is 2.36. The number of non-ortho nitro benzene ring substituents is 1. The van der Waals surface area contributed by atoms with Crippen molar-refractivity contribution in [3.8, 4) is 11.3 Å². The number of alkyl halides is 3. The van der Waals surface area contributed by atoms with Crippen LogP contribution in [0.2, 0.25) is 5.02 Å². The van der Waals surface area contributed by atoms with Crippen LogP contribution in [0.1, 0.15) is 16.3 Å². The number of nitrogens with one attached hydrogen (secondary N) is 1. The van der Waals surface area contributed by atoms with Gasteiger partial charge >= 0.3 is 6.18 Å². The van der Waals surface area contributed by atoms with E-state index in [9.17, 15) is 28.1 Å². The lowest BCUT2D eigenvalue weighted by Crippen LogP contribution is -2.16. The number of hydrogen-bond donors (Lipinski definition) is 1. The van der Waals surface area contributed by atoms with E-state index in [2.05, 4.69) is 20.4 Å². The Labute approximate surface area is 181 Å². The standard InChI is InChI=1S/C19H10ClF3N6O3/c20-12-8-11(29(31)32)6-7-13(12)24-17(30)16-26-18-25-14(10-4-2-1-3-5-10)9-15(19(21,22)23)28(18)27-16/h1-9H,(H,24,30). The second kappa shape index (κ2) is 7.89. The van der Waals surface area contributed by atoms with Gasteiger partial charge in [0.2, 0.25) is 5.82 Å². The van der Waals surface area contributed by atoms with Crippen molar-refractivity contribution in [2.75, 3.05) is 5.32 Å². The van der Waals surface area contributed by atoms with Crippen molar-refractivity contribution in [3.63, 3.8) is 0 Å². The third-order valence-corrected chi connectivity index (χ3v) is 4.60. The van der Waals surface area contributed by atoms with Gasteiger partial charge in [-0.05, 0) is 12.1 Å². The molecule has 0 aliphatic carbocycles. The molecule has 0 radical (unpaired) electrons. The summed E-state index contributed by atoms with van der Waals surface area (Å²) in [6.45, 7) is 0. The van der Waals surface area contributed by atoms with E-state index in [1.54, 1.807) is 30.3 Å². The fourth-order valence-electron chi connectivity index (χ4n) is 2.82. The smallest absolute Gasteiger partial charge is 0.318 e. The molecule has 162 valence electrons. The monoisotopic (exact) mass is 462 g/mol. The minimum Gasteiger partial charge on any atom is -0.318 e.